The number of hydrogen-bond donors (Lipinski definition) is 1. The van der Waals surface area contributed by atoms with E-state index in [9.17, 15) is 0 Å². The molecule has 0 aliphatic heterocycles. The number of nitrogens with zero attached hydrogens (tertiary/aromatic N) is 2. The molecule has 1 aliphatic carbocycles. The van der Waals surface area contributed by atoms with Crippen molar-refractivity contribution in [1.82, 2.24) is 9.88 Å². The average molecular weight is 233 g/mol. The molecule has 1 aromatic heterocycles. The zero-order chi connectivity index (χ0) is 12.1. The Morgan fingerprint density at radius 3 is 2.94 bits per heavy atom. The molecule has 2 atom stereocenters. The first-order valence-electron chi connectivity index (χ1n) is 6.57. The van der Waals surface area contributed by atoms with E-state index in [4.69, 9.17) is 5.73 Å². The zero-order valence-corrected chi connectivity index (χ0v) is 10.7. The maximum Gasteiger partial charge on any atom is 0.0312 e. The van der Waals surface area contributed by atoms with Crippen molar-refractivity contribution < 1.29 is 0 Å². The van der Waals surface area contributed by atoms with Gasteiger partial charge in [0.1, 0.15) is 0 Å². The third kappa shape index (κ3) is 3.51. The van der Waals surface area contributed by atoms with Crippen molar-refractivity contribution in [2.75, 3.05) is 20.1 Å². The summed E-state index contributed by atoms with van der Waals surface area (Å²) in [4.78, 5) is 6.55. The van der Waals surface area contributed by atoms with Crippen molar-refractivity contribution in [2.24, 2.45) is 17.6 Å². The Labute approximate surface area is 104 Å². The molecular formula is C14H23N3. The van der Waals surface area contributed by atoms with Crippen LogP contribution in [0, 0.1) is 11.8 Å². The van der Waals surface area contributed by atoms with Crippen LogP contribution in [0.1, 0.15) is 24.8 Å². The van der Waals surface area contributed by atoms with Crippen LogP contribution >= 0.6 is 0 Å². The first-order chi connectivity index (χ1) is 8.29. The average Bonchev–Trinajstić information content (AvgIpc) is 2.77. The van der Waals surface area contributed by atoms with Gasteiger partial charge in [0.2, 0.25) is 0 Å². The van der Waals surface area contributed by atoms with E-state index in [1.54, 1.807) is 0 Å². The summed E-state index contributed by atoms with van der Waals surface area (Å²) in [5, 5.41) is 0. The summed E-state index contributed by atoms with van der Waals surface area (Å²) in [6.45, 7) is 3.00. The lowest BCUT2D eigenvalue weighted by atomic mass is 9.96. The van der Waals surface area contributed by atoms with Crippen molar-refractivity contribution in [1.29, 1.82) is 0 Å². The molecule has 0 bridgehead atoms. The minimum atomic E-state index is 0.742. The molecule has 3 heteroatoms. The van der Waals surface area contributed by atoms with Crippen molar-refractivity contribution >= 4 is 0 Å². The molecule has 17 heavy (non-hydrogen) atoms. The van der Waals surface area contributed by atoms with E-state index < -0.39 is 0 Å². The Morgan fingerprint density at radius 1 is 1.41 bits per heavy atom. The van der Waals surface area contributed by atoms with Gasteiger partial charge in [-0.3, -0.25) is 4.98 Å². The highest BCUT2D eigenvalue weighted by Gasteiger charge is 2.26. The summed E-state index contributed by atoms with van der Waals surface area (Å²) in [6, 6.07) is 4.14. The van der Waals surface area contributed by atoms with E-state index in [1.165, 1.54) is 24.8 Å². The maximum atomic E-state index is 5.82. The monoisotopic (exact) mass is 233 g/mol. The highest BCUT2D eigenvalue weighted by Crippen LogP contribution is 2.31. The molecule has 2 unspecified atom stereocenters. The van der Waals surface area contributed by atoms with Crippen LogP contribution in [0.3, 0.4) is 0 Å². The van der Waals surface area contributed by atoms with E-state index in [1.807, 2.05) is 18.5 Å². The van der Waals surface area contributed by atoms with Crippen molar-refractivity contribution in [2.45, 2.75) is 25.8 Å². The third-order valence-electron chi connectivity index (χ3n) is 3.84. The van der Waals surface area contributed by atoms with Crippen LogP contribution in [0.5, 0.6) is 0 Å². The van der Waals surface area contributed by atoms with Gasteiger partial charge in [0.15, 0.2) is 0 Å². The molecule has 1 aliphatic rings. The van der Waals surface area contributed by atoms with Crippen LogP contribution in [-0.2, 0) is 6.54 Å². The zero-order valence-electron chi connectivity index (χ0n) is 10.7. The van der Waals surface area contributed by atoms with Crippen molar-refractivity contribution in [3.05, 3.63) is 30.1 Å². The lowest BCUT2D eigenvalue weighted by Gasteiger charge is -2.24. The van der Waals surface area contributed by atoms with Gasteiger partial charge < -0.3 is 10.6 Å². The summed E-state index contributed by atoms with van der Waals surface area (Å²) in [5.41, 5.74) is 7.11. The molecule has 0 amide bonds. The molecule has 0 radical (unpaired) electrons. The smallest absolute Gasteiger partial charge is 0.0312 e. The molecule has 1 fully saturated rings. The lowest BCUT2D eigenvalue weighted by Crippen LogP contribution is -2.30. The maximum absolute atomic E-state index is 5.82. The Hall–Kier alpha value is -0.930. The number of aromatic nitrogens is 1. The Bertz CT molecular complexity index is 325. The van der Waals surface area contributed by atoms with Crippen molar-refractivity contribution in [3.63, 3.8) is 0 Å². The second-order valence-electron chi connectivity index (χ2n) is 5.24. The van der Waals surface area contributed by atoms with Gasteiger partial charge >= 0.3 is 0 Å². The molecule has 1 saturated carbocycles. The number of pyridine rings is 1. The fourth-order valence-electron chi connectivity index (χ4n) is 2.93. The van der Waals surface area contributed by atoms with Gasteiger partial charge in [0.25, 0.3) is 0 Å². The lowest BCUT2D eigenvalue weighted by molar-refractivity contribution is 0.236. The highest BCUT2D eigenvalue weighted by molar-refractivity contribution is 5.07. The van der Waals surface area contributed by atoms with Gasteiger partial charge in [-0.2, -0.15) is 0 Å². The van der Waals surface area contributed by atoms with Crippen LogP contribution < -0.4 is 5.73 Å². The van der Waals surface area contributed by atoms with Crippen LogP contribution in [0.15, 0.2) is 24.5 Å². The minimum Gasteiger partial charge on any atom is -0.330 e. The Kier molecular flexibility index (Phi) is 4.51. The SMILES string of the molecule is CN(Cc1cccnc1)CC1CCCC1CN. The summed E-state index contributed by atoms with van der Waals surface area (Å²) < 4.78 is 0. The molecule has 0 spiro atoms. The molecule has 2 rings (SSSR count). The van der Waals surface area contributed by atoms with E-state index in [0.29, 0.717) is 0 Å². The molecule has 1 heterocycles. The minimum absolute atomic E-state index is 0.742. The van der Waals surface area contributed by atoms with Crippen molar-refractivity contribution in [3.8, 4) is 0 Å². The van der Waals surface area contributed by atoms with Gasteiger partial charge in [0.05, 0.1) is 0 Å². The van der Waals surface area contributed by atoms with Gasteiger partial charge in [0, 0.05) is 25.5 Å². The van der Waals surface area contributed by atoms with Gasteiger partial charge in [-0.1, -0.05) is 12.5 Å². The third-order valence-corrected chi connectivity index (χ3v) is 3.84. The van der Waals surface area contributed by atoms with E-state index in [0.717, 1.165) is 31.5 Å². The first-order valence-corrected chi connectivity index (χ1v) is 6.57. The summed E-state index contributed by atoms with van der Waals surface area (Å²) in [6.07, 6.45) is 7.80. The normalized spacial score (nSPS) is 24.4. The summed E-state index contributed by atoms with van der Waals surface area (Å²) in [7, 11) is 2.19. The first kappa shape index (κ1) is 12.5. The molecule has 3 nitrogen and oxygen atoms in total. The molecule has 0 aromatic carbocycles. The summed E-state index contributed by atoms with van der Waals surface area (Å²) in [5.74, 6) is 1.54. The number of hydrogen-bond acceptors (Lipinski definition) is 3. The van der Waals surface area contributed by atoms with E-state index >= 15 is 0 Å². The van der Waals surface area contributed by atoms with Gasteiger partial charge in [-0.15, -0.1) is 0 Å². The van der Waals surface area contributed by atoms with Crippen LogP contribution in [0.25, 0.3) is 0 Å². The summed E-state index contributed by atoms with van der Waals surface area (Å²) >= 11 is 0. The fraction of sp³-hybridized carbons (Fsp3) is 0.643. The highest BCUT2D eigenvalue weighted by atomic mass is 15.1. The molecule has 1 aromatic rings. The number of rotatable bonds is 5. The largest absolute Gasteiger partial charge is 0.330 e. The Morgan fingerprint density at radius 2 is 2.24 bits per heavy atom. The van der Waals surface area contributed by atoms with Gasteiger partial charge in [-0.25, -0.2) is 0 Å². The van der Waals surface area contributed by atoms with Gasteiger partial charge in [-0.05, 0) is 49.9 Å². The second kappa shape index (κ2) is 6.12. The van der Waals surface area contributed by atoms with Crippen LogP contribution in [0.4, 0.5) is 0 Å². The predicted molar refractivity (Wildman–Crippen MR) is 70.5 cm³/mol. The molecular weight excluding hydrogens is 210 g/mol. The molecule has 94 valence electrons. The fourth-order valence-corrected chi connectivity index (χ4v) is 2.93. The Balaban J connectivity index is 1.83. The standard InChI is InChI=1S/C14H23N3/c1-17(10-12-4-3-7-16-9-12)11-14-6-2-5-13(14)8-15/h3-4,7,9,13-14H,2,5-6,8,10-11,15H2,1H3. The second-order valence-corrected chi connectivity index (χ2v) is 5.24. The predicted octanol–water partition coefficient (Wildman–Crippen LogP) is 1.89. The molecule has 0 saturated heterocycles. The number of nitrogens with two attached hydrogens (primary N) is 1. The van der Waals surface area contributed by atoms with E-state index in [2.05, 4.69) is 23.0 Å². The van der Waals surface area contributed by atoms with Crippen LogP contribution in [0.2, 0.25) is 0 Å². The molecule has 2 N–H and O–H groups in total. The topological polar surface area (TPSA) is 42.2 Å². The van der Waals surface area contributed by atoms with E-state index in [-0.39, 0.29) is 0 Å². The van der Waals surface area contributed by atoms with Crippen LogP contribution in [-0.4, -0.2) is 30.0 Å². The quantitative estimate of drug-likeness (QED) is 0.844.